The van der Waals surface area contributed by atoms with Crippen LogP contribution in [0.4, 0.5) is 0 Å². The van der Waals surface area contributed by atoms with E-state index in [1.807, 2.05) is 31.2 Å². The Bertz CT molecular complexity index is 736. The van der Waals surface area contributed by atoms with Gasteiger partial charge in [-0.3, -0.25) is 9.59 Å². The number of Topliss-reactive ketones (excluding diaryl/α,β-unsaturated/α-hetero) is 1. The Kier molecular flexibility index (Phi) is 6.41. The number of carbonyl (C=O) groups excluding carboxylic acids is 2. The summed E-state index contributed by atoms with van der Waals surface area (Å²) < 4.78 is 5.23. The van der Waals surface area contributed by atoms with E-state index in [4.69, 9.17) is 27.9 Å². The van der Waals surface area contributed by atoms with Crippen LogP contribution in [-0.4, -0.2) is 11.8 Å². The number of aryl methyl sites for hydroxylation is 1. The lowest BCUT2D eigenvalue weighted by atomic mass is 9.95. The highest BCUT2D eigenvalue weighted by Crippen LogP contribution is 2.33. The molecule has 5 heteroatoms. The molecule has 2 rings (SSSR count). The maximum atomic E-state index is 12.4. The van der Waals surface area contributed by atoms with Gasteiger partial charge in [-0.2, -0.15) is 0 Å². The van der Waals surface area contributed by atoms with Gasteiger partial charge in [0.2, 0.25) is 0 Å². The molecular weight excluding hydrogens is 347 g/mol. The minimum atomic E-state index is -0.901. The smallest absolute Gasteiger partial charge is 0.321 e. The topological polar surface area (TPSA) is 43.4 Å². The van der Waals surface area contributed by atoms with Gasteiger partial charge < -0.3 is 4.74 Å². The Morgan fingerprint density at radius 1 is 1.00 bits per heavy atom. The monoisotopic (exact) mass is 364 g/mol. The third kappa shape index (κ3) is 4.37. The zero-order valence-corrected chi connectivity index (χ0v) is 15.0. The predicted molar refractivity (Wildman–Crippen MR) is 95.8 cm³/mol. The van der Waals surface area contributed by atoms with E-state index in [-0.39, 0.29) is 28.0 Å². The highest BCUT2D eigenvalue weighted by molar-refractivity contribution is 6.37. The quantitative estimate of drug-likeness (QED) is 0.415. The molecule has 0 N–H and O–H groups in total. The first kappa shape index (κ1) is 18.5. The lowest BCUT2D eigenvalue weighted by molar-refractivity contribution is -0.143. The van der Waals surface area contributed by atoms with Gasteiger partial charge in [0, 0.05) is 6.42 Å². The van der Waals surface area contributed by atoms with E-state index in [0.29, 0.717) is 0 Å². The van der Waals surface area contributed by atoms with E-state index >= 15 is 0 Å². The Balaban J connectivity index is 2.09. The number of benzene rings is 2. The lowest BCUT2D eigenvalue weighted by Gasteiger charge is -2.13. The highest BCUT2D eigenvalue weighted by atomic mass is 35.5. The fourth-order valence-corrected chi connectivity index (χ4v) is 2.79. The van der Waals surface area contributed by atoms with Gasteiger partial charge in [-0.1, -0.05) is 60.5 Å². The van der Waals surface area contributed by atoms with Crippen LogP contribution in [0.1, 0.15) is 25.0 Å². The summed E-state index contributed by atoms with van der Waals surface area (Å²) >= 11 is 12.0. The van der Waals surface area contributed by atoms with Crippen LogP contribution >= 0.6 is 23.2 Å². The number of carbonyl (C=O) groups is 2. The molecule has 3 nitrogen and oxygen atoms in total. The summed E-state index contributed by atoms with van der Waals surface area (Å²) in [5.41, 5.74) is 2.03. The standard InChI is InChI=1S/C19H18Cl2O3/c1-3-13-7-4-5-8-14(13)11-17(22)12(2)19(23)24-18-15(20)9-6-10-16(18)21/h4-10,12H,3,11H2,1-2H3. The van der Waals surface area contributed by atoms with Crippen molar-refractivity contribution in [3.8, 4) is 5.75 Å². The molecule has 0 aliphatic carbocycles. The minimum absolute atomic E-state index is 0.0828. The molecule has 0 aliphatic rings. The molecule has 2 aromatic carbocycles. The van der Waals surface area contributed by atoms with Gasteiger partial charge in [-0.15, -0.1) is 0 Å². The van der Waals surface area contributed by atoms with E-state index in [0.717, 1.165) is 17.5 Å². The summed E-state index contributed by atoms with van der Waals surface area (Å²) in [4.78, 5) is 24.7. The van der Waals surface area contributed by atoms with Gasteiger partial charge in [0.25, 0.3) is 0 Å². The minimum Gasteiger partial charge on any atom is -0.423 e. The largest absolute Gasteiger partial charge is 0.423 e. The van der Waals surface area contributed by atoms with Crippen LogP contribution in [0, 0.1) is 5.92 Å². The molecule has 0 amide bonds. The van der Waals surface area contributed by atoms with Crippen molar-refractivity contribution in [3.63, 3.8) is 0 Å². The van der Waals surface area contributed by atoms with Crippen LogP contribution in [0.5, 0.6) is 5.75 Å². The zero-order valence-electron chi connectivity index (χ0n) is 13.5. The van der Waals surface area contributed by atoms with Crippen LogP contribution in [0.15, 0.2) is 42.5 Å². The molecule has 1 unspecified atom stereocenters. The molecular formula is C19H18Cl2O3. The van der Waals surface area contributed by atoms with Crippen molar-refractivity contribution in [1.29, 1.82) is 0 Å². The molecule has 2 aromatic rings. The second-order valence-corrected chi connectivity index (χ2v) is 6.27. The number of hydrogen-bond donors (Lipinski definition) is 0. The highest BCUT2D eigenvalue weighted by Gasteiger charge is 2.25. The Labute approximate surface area is 151 Å². The summed E-state index contributed by atoms with van der Waals surface area (Å²) in [6, 6.07) is 12.5. The van der Waals surface area contributed by atoms with Gasteiger partial charge in [-0.05, 0) is 36.6 Å². The number of esters is 1. The molecule has 24 heavy (non-hydrogen) atoms. The maximum absolute atomic E-state index is 12.4. The number of ether oxygens (including phenoxy) is 1. The molecule has 1 atom stereocenters. The molecule has 0 aliphatic heterocycles. The average molecular weight is 365 g/mol. The van der Waals surface area contributed by atoms with Gasteiger partial charge in [0.1, 0.15) is 5.92 Å². The second kappa shape index (κ2) is 8.32. The fraction of sp³-hybridized carbons (Fsp3) is 0.263. The number of hydrogen-bond acceptors (Lipinski definition) is 3. The second-order valence-electron chi connectivity index (χ2n) is 5.46. The first-order chi connectivity index (χ1) is 11.4. The third-order valence-corrected chi connectivity index (χ3v) is 4.42. The summed E-state index contributed by atoms with van der Waals surface area (Å²) in [7, 11) is 0. The third-order valence-electron chi connectivity index (χ3n) is 3.82. The van der Waals surface area contributed by atoms with E-state index in [2.05, 4.69) is 0 Å². The Hall–Kier alpha value is -1.84. The average Bonchev–Trinajstić information content (AvgIpc) is 2.57. The Morgan fingerprint density at radius 2 is 1.58 bits per heavy atom. The lowest BCUT2D eigenvalue weighted by Crippen LogP contribution is -2.27. The predicted octanol–water partition coefficient (Wildman–Crippen LogP) is 4.91. The number of para-hydroxylation sites is 1. The van der Waals surface area contributed by atoms with E-state index in [1.54, 1.807) is 18.2 Å². The molecule has 0 saturated carbocycles. The summed E-state index contributed by atoms with van der Waals surface area (Å²) in [6.07, 6.45) is 1.02. The number of halogens is 2. The van der Waals surface area contributed by atoms with Gasteiger partial charge >= 0.3 is 5.97 Å². The van der Waals surface area contributed by atoms with E-state index < -0.39 is 11.9 Å². The molecule has 126 valence electrons. The van der Waals surface area contributed by atoms with Gasteiger partial charge in [-0.25, -0.2) is 0 Å². The molecule has 0 aromatic heterocycles. The summed E-state index contributed by atoms with van der Waals surface area (Å²) in [6.45, 7) is 3.56. The summed E-state index contributed by atoms with van der Waals surface area (Å²) in [5, 5.41) is 0.457. The maximum Gasteiger partial charge on any atom is 0.321 e. The van der Waals surface area contributed by atoms with Crippen LogP contribution < -0.4 is 4.74 Å². The van der Waals surface area contributed by atoms with Crippen LogP contribution in [0.25, 0.3) is 0 Å². The van der Waals surface area contributed by atoms with Gasteiger partial charge in [0.05, 0.1) is 10.0 Å². The van der Waals surface area contributed by atoms with Gasteiger partial charge in [0.15, 0.2) is 11.5 Å². The fourth-order valence-electron chi connectivity index (χ4n) is 2.32. The molecule has 0 bridgehead atoms. The molecule has 0 fully saturated rings. The van der Waals surface area contributed by atoms with E-state index in [9.17, 15) is 9.59 Å². The van der Waals surface area contributed by atoms with Crippen molar-refractivity contribution in [2.45, 2.75) is 26.7 Å². The van der Waals surface area contributed by atoms with Crippen molar-refractivity contribution in [2.24, 2.45) is 5.92 Å². The molecule has 0 spiro atoms. The van der Waals surface area contributed by atoms with Crippen LogP contribution in [0.2, 0.25) is 10.0 Å². The van der Waals surface area contributed by atoms with E-state index in [1.165, 1.54) is 6.92 Å². The number of ketones is 1. The summed E-state index contributed by atoms with van der Waals surface area (Å²) in [5.74, 6) is -1.69. The SMILES string of the molecule is CCc1ccccc1CC(=O)C(C)C(=O)Oc1c(Cl)cccc1Cl. The van der Waals surface area contributed by atoms with Crippen molar-refractivity contribution >= 4 is 35.0 Å². The Morgan fingerprint density at radius 3 is 2.17 bits per heavy atom. The van der Waals surface area contributed by atoms with Crippen LogP contribution in [-0.2, 0) is 22.4 Å². The molecule has 0 heterocycles. The van der Waals surface area contributed by atoms with Crippen molar-refractivity contribution in [2.75, 3.05) is 0 Å². The van der Waals surface area contributed by atoms with Crippen molar-refractivity contribution in [3.05, 3.63) is 63.6 Å². The van der Waals surface area contributed by atoms with Crippen molar-refractivity contribution < 1.29 is 14.3 Å². The zero-order chi connectivity index (χ0) is 17.7. The van der Waals surface area contributed by atoms with Crippen molar-refractivity contribution in [1.82, 2.24) is 0 Å². The first-order valence-corrected chi connectivity index (χ1v) is 8.44. The molecule has 0 radical (unpaired) electrons. The molecule has 0 saturated heterocycles. The number of rotatable bonds is 6. The van der Waals surface area contributed by atoms with Crippen LogP contribution in [0.3, 0.4) is 0 Å². The normalized spacial score (nSPS) is 11.8. The first-order valence-electron chi connectivity index (χ1n) is 7.69.